The first-order chi connectivity index (χ1) is 15.7. The number of nitrogens with zero attached hydrogens (tertiary/aromatic N) is 1. The Hall–Kier alpha value is -2.23. The molecule has 0 bridgehead atoms. The average Bonchev–Trinajstić information content (AvgIpc) is 3.11. The van der Waals surface area contributed by atoms with Crippen molar-refractivity contribution in [2.45, 2.75) is 63.6 Å². The van der Waals surface area contributed by atoms with E-state index in [1.807, 2.05) is 0 Å². The highest BCUT2D eigenvalue weighted by molar-refractivity contribution is 7.92. The van der Waals surface area contributed by atoms with Gasteiger partial charge in [0.2, 0.25) is 5.91 Å². The summed E-state index contributed by atoms with van der Waals surface area (Å²) in [4.78, 5) is 29.2. The van der Waals surface area contributed by atoms with E-state index in [4.69, 9.17) is 4.74 Å². The van der Waals surface area contributed by atoms with Gasteiger partial charge in [0.05, 0.1) is 28.7 Å². The summed E-state index contributed by atoms with van der Waals surface area (Å²) in [6.07, 6.45) is 1.89. The number of rotatable bonds is 9. The zero-order chi connectivity index (χ0) is 24.2. The smallest absolute Gasteiger partial charge is 0.341 e. The molecule has 0 unspecified atom stereocenters. The third kappa shape index (κ3) is 5.83. The van der Waals surface area contributed by atoms with Gasteiger partial charge in [0.25, 0.3) is 0 Å². The number of anilines is 1. The fourth-order valence-electron chi connectivity index (χ4n) is 3.90. The predicted octanol–water partition coefficient (Wildman–Crippen LogP) is 4.06. The number of thiophene rings is 1. The Balaban J connectivity index is 1.78. The molecule has 9 heteroatoms. The average molecular weight is 493 g/mol. The molecule has 1 aliphatic rings. The molecule has 1 amide bonds. The maximum Gasteiger partial charge on any atom is 0.341 e. The molecule has 0 atom stereocenters. The van der Waals surface area contributed by atoms with Crippen LogP contribution in [0.3, 0.4) is 0 Å². The van der Waals surface area contributed by atoms with Crippen molar-refractivity contribution in [1.82, 2.24) is 4.90 Å². The Morgan fingerprint density at radius 1 is 1.18 bits per heavy atom. The lowest BCUT2D eigenvalue weighted by Gasteiger charge is -2.26. The topological polar surface area (TPSA) is 92.8 Å². The van der Waals surface area contributed by atoms with Gasteiger partial charge in [-0.2, -0.15) is 0 Å². The number of amides is 1. The fourth-order valence-corrected chi connectivity index (χ4v) is 6.25. The highest BCUT2D eigenvalue weighted by Crippen LogP contribution is 2.37. The maximum atomic E-state index is 12.8. The van der Waals surface area contributed by atoms with E-state index < -0.39 is 21.1 Å². The monoisotopic (exact) mass is 492 g/mol. The van der Waals surface area contributed by atoms with Crippen molar-refractivity contribution in [3.63, 3.8) is 0 Å². The number of ether oxygens (including phenoxy) is 1. The van der Waals surface area contributed by atoms with Gasteiger partial charge in [-0.15, -0.1) is 11.3 Å². The molecule has 180 valence electrons. The predicted molar refractivity (Wildman–Crippen MR) is 131 cm³/mol. The van der Waals surface area contributed by atoms with Crippen molar-refractivity contribution in [2.24, 2.45) is 0 Å². The first kappa shape index (κ1) is 25.4. The largest absolute Gasteiger partial charge is 0.462 e. The van der Waals surface area contributed by atoms with Crippen molar-refractivity contribution < 1.29 is 22.7 Å². The van der Waals surface area contributed by atoms with Crippen LogP contribution >= 0.6 is 11.3 Å². The van der Waals surface area contributed by atoms with Crippen LogP contribution in [0, 0.1) is 0 Å². The fraction of sp³-hybridized carbons (Fsp3) is 0.500. The summed E-state index contributed by atoms with van der Waals surface area (Å²) in [6, 6.07) is 6.38. The van der Waals surface area contributed by atoms with Crippen LogP contribution in [0.15, 0.2) is 29.2 Å². The van der Waals surface area contributed by atoms with Crippen LogP contribution < -0.4 is 5.32 Å². The summed E-state index contributed by atoms with van der Waals surface area (Å²) >= 11 is 1.44. The molecule has 3 rings (SSSR count). The molecular weight excluding hydrogens is 460 g/mol. The quantitative estimate of drug-likeness (QED) is 0.531. The summed E-state index contributed by atoms with van der Waals surface area (Å²) in [5.41, 5.74) is 2.15. The van der Waals surface area contributed by atoms with Gasteiger partial charge < -0.3 is 10.1 Å². The van der Waals surface area contributed by atoms with E-state index >= 15 is 0 Å². The molecule has 7 nitrogen and oxygen atoms in total. The molecule has 0 spiro atoms. The highest BCUT2D eigenvalue weighted by atomic mass is 32.2. The molecule has 0 saturated carbocycles. The molecule has 33 heavy (non-hydrogen) atoms. The maximum absolute atomic E-state index is 12.8. The lowest BCUT2D eigenvalue weighted by atomic mass is 10.0. The minimum atomic E-state index is -3.36. The molecule has 0 radical (unpaired) electrons. The summed E-state index contributed by atoms with van der Waals surface area (Å²) in [5.74, 6) is -0.665. The zero-order valence-electron chi connectivity index (χ0n) is 19.6. The lowest BCUT2D eigenvalue weighted by molar-refractivity contribution is -0.115. The Kier molecular flexibility index (Phi) is 8.31. The molecule has 2 aromatic rings. The summed E-state index contributed by atoms with van der Waals surface area (Å²) in [6.45, 7) is 10.1. The van der Waals surface area contributed by atoms with E-state index in [1.54, 1.807) is 32.9 Å². The van der Waals surface area contributed by atoms with Gasteiger partial charge in [-0.3, -0.25) is 9.69 Å². The van der Waals surface area contributed by atoms with Crippen LogP contribution in [0.5, 0.6) is 0 Å². The summed E-state index contributed by atoms with van der Waals surface area (Å²) in [7, 11) is -3.36. The number of esters is 1. The Bertz CT molecular complexity index is 1100. The Labute approximate surface area is 200 Å². The van der Waals surface area contributed by atoms with Crippen LogP contribution in [0.1, 0.15) is 60.5 Å². The molecule has 1 aromatic heterocycles. The second-order valence-corrected chi connectivity index (χ2v) is 12.0. The Morgan fingerprint density at radius 3 is 2.48 bits per heavy atom. The van der Waals surface area contributed by atoms with Gasteiger partial charge >= 0.3 is 5.97 Å². The van der Waals surface area contributed by atoms with Crippen LogP contribution in [0.4, 0.5) is 5.00 Å². The number of carbonyl (C=O) groups is 2. The minimum Gasteiger partial charge on any atom is -0.462 e. The third-order valence-corrected chi connectivity index (χ3v) is 8.95. The molecule has 1 aliphatic heterocycles. The number of hydrogen-bond acceptors (Lipinski definition) is 7. The molecule has 0 aliphatic carbocycles. The van der Waals surface area contributed by atoms with E-state index in [-0.39, 0.29) is 23.8 Å². The van der Waals surface area contributed by atoms with E-state index in [0.717, 1.165) is 42.9 Å². The van der Waals surface area contributed by atoms with Crippen LogP contribution in [-0.2, 0) is 38.8 Å². The number of fused-ring (bicyclic) bond motifs is 1. The summed E-state index contributed by atoms with van der Waals surface area (Å²) in [5, 5.41) is 2.93. The standard InChI is InChI=1S/C24H32N2O5S2/c1-5-12-26-13-11-19-20(15-26)32-23(22(19)24(28)31-6-2)25-21(27)14-17-7-9-18(10-8-17)33(29,30)16(3)4/h7-10,16H,5-6,11-15H2,1-4H3,(H,25,27). The van der Waals surface area contributed by atoms with Crippen LogP contribution in [0.2, 0.25) is 0 Å². The van der Waals surface area contributed by atoms with Crippen molar-refractivity contribution in [1.29, 1.82) is 0 Å². The third-order valence-electron chi connectivity index (χ3n) is 5.65. The van der Waals surface area contributed by atoms with Gasteiger partial charge in [-0.25, -0.2) is 13.2 Å². The van der Waals surface area contributed by atoms with Gasteiger partial charge in [0, 0.05) is 18.0 Å². The number of nitrogens with one attached hydrogen (secondary N) is 1. The van der Waals surface area contributed by atoms with E-state index in [9.17, 15) is 18.0 Å². The van der Waals surface area contributed by atoms with Crippen molar-refractivity contribution >= 4 is 38.1 Å². The molecular formula is C24H32N2O5S2. The first-order valence-corrected chi connectivity index (χ1v) is 13.7. The van der Waals surface area contributed by atoms with Crippen LogP contribution in [-0.4, -0.2) is 50.1 Å². The molecule has 1 N–H and O–H groups in total. The Morgan fingerprint density at radius 2 is 1.88 bits per heavy atom. The van der Waals surface area contributed by atoms with Gasteiger partial charge in [-0.05, 0) is 63.4 Å². The molecule has 1 aromatic carbocycles. The SMILES string of the molecule is CCCN1CCc2c(sc(NC(=O)Cc3ccc(S(=O)(=O)C(C)C)cc3)c2C(=O)OCC)C1. The molecule has 0 fully saturated rings. The number of carbonyl (C=O) groups excluding carboxylic acids is 2. The van der Waals surface area contributed by atoms with Crippen molar-refractivity contribution in [3.8, 4) is 0 Å². The van der Waals surface area contributed by atoms with Crippen molar-refractivity contribution in [2.75, 3.05) is 25.0 Å². The van der Waals surface area contributed by atoms with E-state index in [1.165, 1.54) is 23.5 Å². The number of sulfone groups is 1. The zero-order valence-corrected chi connectivity index (χ0v) is 21.3. The van der Waals surface area contributed by atoms with E-state index in [2.05, 4.69) is 17.1 Å². The van der Waals surface area contributed by atoms with E-state index in [0.29, 0.717) is 16.1 Å². The van der Waals surface area contributed by atoms with Gasteiger partial charge in [0.1, 0.15) is 5.00 Å². The number of hydrogen-bond donors (Lipinski definition) is 1. The minimum absolute atomic E-state index is 0.0782. The van der Waals surface area contributed by atoms with Crippen molar-refractivity contribution in [3.05, 3.63) is 45.8 Å². The highest BCUT2D eigenvalue weighted by Gasteiger charge is 2.29. The lowest BCUT2D eigenvalue weighted by Crippen LogP contribution is -2.30. The summed E-state index contributed by atoms with van der Waals surface area (Å²) < 4.78 is 29.9. The van der Waals surface area contributed by atoms with Gasteiger partial charge in [-0.1, -0.05) is 19.1 Å². The first-order valence-electron chi connectivity index (χ1n) is 11.3. The number of benzene rings is 1. The second kappa shape index (κ2) is 10.8. The molecule has 2 heterocycles. The molecule has 0 saturated heterocycles. The second-order valence-electron chi connectivity index (χ2n) is 8.42. The van der Waals surface area contributed by atoms with Crippen LogP contribution in [0.25, 0.3) is 0 Å². The normalized spacial score (nSPS) is 14.2. The van der Waals surface area contributed by atoms with Gasteiger partial charge in [0.15, 0.2) is 9.84 Å².